The van der Waals surface area contributed by atoms with Gasteiger partial charge in [0.05, 0.1) is 5.56 Å². The van der Waals surface area contributed by atoms with Crippen LogP contribution in [-0.4, -0.2) is 19.0 Å². The smallest absolute Gasteiger partial charge is 0.194 e. The highest BCUT2D eigenvalue weighted by Crippen LogP contribution is 2.12. The first kappa shape index (κ1) is 10.9. The Hall–Kier alpha value is -1.22. The predicted octanol–water partition coefficient (Wildman–Crippen LogP) is 2.43. The van der Waals surface area contributed by atoms with Crippen molar-refractivity contribution in [1.29, 1.82) is 0 Å². The molecular weight excluding hydrogens is 183 g/mol. The van der Waals surface area contributed by atoms with Gasteiger partial charge in [-0.3, -0.25) is 4.79 Å². The molecule has 0 saturated heterocycles. The number of ketones is 1. The minimum absolute atomic E-state index is 0.0983. The van der Waals surface area contributed by atoms with Crippen LogP contribution < -0.4 is 0 Å². The third kappa shape index (κ3) is 2.17. The second-order valence-electron chi connectivity index (χ2n) is 2.98. The van der Waals surface area contributed by atoms with Crippen LogP contribution in [0.15, 0.2) is 24.3 Å². The van der Waals surface area contributed by atoms with Crippen molar-refractivity contribution in [2.45, 2.75) is 19.4 Å². The van der Waals surface area contributed by atoms with E-state index in [1.54, 1.807) is 12.1 Å². The molecule has 76 valence electrons. The molecule has 0 aromatic heterocycles. The zero-order valence-corrected chi connectivity index (χ0v) is 8.29. The van der Waals surface area contributed by atoms with E-state index in [9.17, 15) is 9.18 Å². The van der Waals surface area contributed by atoms with Crippen molar-refractivity contribution < 1.29 is 13.9 Å². The number of ether oxygens (including phenoxy) is 1. The summed E-state index contributed by atoms with van der Waals surface area (Å²) < 4.78 is 18.2. The Balaban J connectivity index is 2.94. The van der Waals surface area contributed by atoms with Crippen molar-refractivity contribution in [3.05, 3.63) is 35.6 Å². The van der Waals surface area contributed by atoms with Crippen LogP contribution in [0.2, 0.25) is 0 Å². The summed E-state index contributed by atoms with van der Waals surface area (Å²) in [7, 11) is 1.45. The van der Waals surface area contributed by atoms with Crippen molar-refractivity contribution in [3.63, 3.8) is 0 Å². The molecule has 0 amide bonds. The lowest BCUT2D eigenvalue weighted by atomic mass is 10.0. The molecule has 0 saturated carbocycles. The van der Waals surface area contributed by atoms with Crippen molar-refractivity contribution in [1.82, 2.24) is 0 Å². The fourth-order valence-corrected chi connectivity index (χ4v) is 1.29. The third-order valence-electron chi connectivity index (χ3n) is 2.09. The lowest BCUT2D eigenvalue weighted by molar-refractivity contribution is 0.0591. The highest BCUT2D eigenvalue weighted by Gasteiger charge is 2.19. The summed E-state index contributed by atoms with van der Waals surface area (Å²) in [5, 5.41) is 0. The van der Waals surface area contributed by atoms with E-state index in [4.69, 9.17) is 4.74 Å². The molecule has 1 aromatic carbocycles. The maximum Gasteiger partial charge on any atom is 0.194 e. The molecule has 0 N–H and O–H groups in total. The van der Waals surface area contributed by atoms with E-state index in [0.29, 0.717) is 6.42 Å². The first-order valence-corrected chi connectivity index (χ1v) is 4.52. The Morgan fingerprint density at radius 1 is 1.50 bits per heavy atom. The zero-order valence-electron chi connectivity index (χ0n) is 8.29. The summed E-state index contributed by atoms with van der Waals surface area (Å²) in [6.07, 6.45) is -0.00386. The number of rotatable bonds is 4. The Kier molecular flexibility index (Phi) is 3.77. The zero-order chi connectivity index (χ0) is 10.6. The average Bonchev–Trinajstić information content (AvgIpc) is 2.20. The van der Waals surface area contributed by atoms with Crippen molar-refractivity contribution in [3.8, 4) is 0 Å². The normalized spacial score (nSPS) is 12.5. The molecule has 0 heterocycles. The molecule has 0 aliphatic rings. The van der Waals surface area contributed by atoms with E-state index < -0.39 is 11.9 Å². The molecule has 1 rings (SSSR count). The highest BCUT2D eigenvalue weighted by atomic mass is 19.1. The molecule has 1 unspecified atom stereocenters. The summed E-state index contributed by atoms with van der Waals surface area (Å²) in [6, 6.07) is 5.94. The number of carbonyl (C=O) groups is 1. The fourth-order valence-electron chi connectivity index (χ4n) is 1.29. The topological polar surface area (TPSA) is 26.3 Å². The van der Waals surface area contributed by atoms with Gasteiger partial charge in [0.1, 0.15) is 11.9 Å². The van der Waals surface area contributed by atoms with E-state index >= 15 is 0 Å². The van der Waals surface area contributed by atoms with E-state index in [1.807, 2.05) is 6.92 Å². The summed E-state index contributed by atoms with van der Waals surface area (Å²) >= 11 is 0. The van der Waals surface area contributed by atoms with E-state index in [2.05, 4.69) is 0 Å². The molecule has 0 radical (unpaired) electrons. The van der Waals surface area contributed by atoms with Crippen LogP contribution in [0, 0.1) is 5.82 Å². The van der Waals surface area contributed by atoms with Gasteiger partial charge in [0.25, 0.3) is 0 Å². The summed E-state index contributed by atoms with van der Waals surface area (Å²) in [6.45, 7) is 1.83. The summed E-state index contributed by atoms with van der Waals surface area (Å²) in [5.74, 6) is -0.791. The minimum Gasteiger partial charge on any atom is -0.373 e. The second-order valence-corrected chi connectivity index (χ2v) is 2.98. The van der Waals surface area contributed by atoms with Gasteiger partial charge in [-0.2, -0.15) is 0 Å². The van der Waals surface area contributed by atoms with Gasteiger partial charge >= 0.3 is 0 Å². The number of methoxy groups -OCH3 is 1. The van der Waals surface area contributed by atoms with Gasteiger partial charge in [0.2, 0.25) is 0 Å². The molecule has 3 heteroatoms. The van der Waals surface area contributed by atoms with Gasteiger partial charge in [-0.05, 0) is 18.6 Å². The van der Waals surface area contributed by atoms with Crippen LogP contribution in [-0.2, 0) is 4.74 Å². The molecule has 0 aliphatic carbocycles. The summed E-state index contributed by atoms with van der Waals surface area (Å²) in [4.78, 5) is 11.7. The monoisotopic (exact) mass is 196 g/mol. The summed E-state index contributed by atoms with van der Waals surface area (Å²) in [5.41, 5.74) is 0.0983. The third-order valence-corrected chi connectivity index (χ3v) is 2.09. The van der Waals surface area contributed by atoms with Gasteiger partial charge in [0.15, 0.2) is 5.78 Å². The lowest BCUT2D eigenvalue weighted by Crippen LogP contribution is -2.23. The molecule has 1 aromatic rings. The second kappa shape index (κ2) is 4.86. The highest BCUT2D eigenvalue weighted by molar-refractivity contribution is 5.99. The maximum absolute atomic E-state index is 13.2. The van der Waals surface area contributed by atoms with Crippen LogP contribution >= 0.6 is 0 Å². The minimum atomic E-state index is -0.549. The number of benzene rings is 1. The SMILES string of the molecule is CCC(OC)C(=O)c1ccccc1F. The largest absolute Gasteiger partial charge is 0.373 e. The first-order valence-electron chi connectivity index (χ1n) is 4.52. The Morgan fingerprint density at radius 2 is 2.14 bits per heavy atom. The average molecular weight is 196 g/mol. The van der Waals surface area contributed by atoms with Crippen LogP contribution in [0.4, 0.5) is 4.39 Å². The van der Waals surface area contributed by atoms with E-state index in [-0.39, 0.29) is 11.3 Å². The van der Waals surface area contributed by atoms with Gasteiger partial charge in [-0.25, -0.2) is 4.39 Å². The van der Waals surface area contributed by atoms with Gasteiger partial charge in [-0.15, -0.1) is 0 Å². The quantitative estimate of drug-likeness (QED) is 0.691. The molecule has 0 aliphatic heterocycles. The van der Waals surface area contributed by atoms with Gasteiger partial charge in [-0.1, -0.05) is 19.1 Å². The fraction of sp³-hybridized carbons (Fsp3) is 0.364. The number of hydrogen-bond donors (Lipinski definition) is 0. The Morgan fingerprint density at radius 3 is 2.64 bits per heavy atom. The number of Topliss-reactive ketones (excluding diaryl/α,β-unsaturated/α-hetero) is 1. The van der Waals surface area contributed by atoms with Crippen molar-refractivity contribution in [2.75, 3.05) is 7.11 Å². The maximum atomic E-state index is 13.2. The molecule has 1 atom stereocenters. The predicted molar refractivity (Wildman–Crippen MR) is 51.8 cm³/mol. The van der Waals surface area contributed by atoms with Crippen LogP contribution in [0.25, 0.3) is 0 Å². The van der Waals surface area contributed by atoms with Crippen molar-refractivity contribution in [2.24, 2.45) is 0 Å². The van der Waals surface area contributed by atoms with Crippen LogP contribution in [0.3, 0.4) is 0 Å². The molecule has 14 heavy (non-hydrogen) atoms. The standard InChI is InChI=1S/C11H13FO2/c1-3-10(14-2)11(13)8-6-4-5-7-9(8)12/h4-7,10H,3H2,1-2H3. The molecule has 0 bridgehead atoms. The number of carbonyl (C=O) groups excluding carboxylic acids is 1. The molecule has 0 spiro atoms. The Labute approximate surface area is 82.7 Å². The van der Waals surface area contributed by atoms with Gasteiger partial charge in [0, 0.05) is 7.11 Å². The van der Waals surface area contributed by atoms with E-state index in [1.165, 1.54) is 19.2 Å². The molecule has 2 nitrogen and oxygen atoms in total. The molecular formula is C11H13FO2. The number of halogens is 1. The van der Waals surface area contributed by atoms with Crippen molar-refractivity contribution >= 4 is 5.78 Å². The number of hydrogen-bond acceptors (Lipinski definition) is 2. The van der Waals surface area contributed by atoms with Crippen LogP contribution in [0.5, 0.6) is 0 Å². The van der Waals surface area contributed by atoms with Crippen LogP contribution in [0.1, 0.15) is 23.7 Å². The Bertz CT molecular complexity index is 319. The van der Waals surface area contributed by atoms with E-state index in [0.717, 1.165) is 0 Å². The molecule has 0 fully saturated rings. The first-order chi connectivity index (χ1) is 6.70. The van der Waals surface area contributed by atoms with Gasteiger partial charge < -0.3 is 4.74 Å². The lowest BCUT2D eigenvalue weighted by Gasteiger charge is -2.11.